The first-order valence-electron chi connectivity index (χ1n) is 9.44. The van der Waals surface area contributed by atoms with Crippen LogP contribution in [0.1, 0.15) is 50.3 Å². The normalized spacial score (nSPS) is 11.6. The SMILES string of the molecule is CC(=O)c1cccc(NC(=O)CCn2c(C)nc3c(cnn3C(C)(C)C)c2=O)c1. The third kappa shape index (κ3) is 4.26. The van der Waals surface area contributed by atoms with Gasteiger partial charge < -0.3 is 5.32 Å². The van der Waals surface area contributed by atoms with E-state index in [9.17, 15) is 14.4 Å². The van der Waals surface area contributed by atoms with E-state index in [0.717, 1.165) is 0 Å². The molecule has 2 heterocycles. The topological polar surface area (TPSA) is 98.9 Å². The molecule has 0 aliphatic rings. The number of nitrogens with zero attached hydrogens (tertiary/aromatic N) is 4. The van der Waals surface area contributed by atoms with Crippen LogP contribution in [-0.4, -0.2) is 31.0 Å². The third-order valence-electron chi connectivity index (χ3n) is 4.63. The molecule has 8 nitrogen and oxygen atoms in total. The summed E-state index contributed by atoms with van der Waals surface area (Å²) in [5, 5.41) is 7.51. The van der Waals surface area contributed by atoms with Gasteiger partial charge in [-0.25, -0.2) is 9.67 Å². The van der Waals surface area contributed by atoms with E-state index < -0.39 is 0 Å². The molecule has 3 rings (SSSR count). The zero-order chi connectivity index (χ0) is 21.3. The lowest BCUT2D eigenvalue weighted by Gasteiger charge is -2.20. The average molecular weight is 395 g/mol. The first-order valence-corrected chi connectivity index (χ1v) is 9.44. The van der Waals surface area contributed by atoms with Crippen molar-refractivity contribution in [1.29, 1.82) is 0 Å². The van der Waals surface area contributed by atoms with Gasteiger partial charge >= 0.3 is 0 Å². The molecule has 0 atom stereocenters. The van der Waals surface area contributed by atoms with E-state index in [1.165, 1.54) is 17.7 Å². The van der Waals surface area contributed by atoms with Gasteiger partial charge in [0.1, 0.15) is 11.2 Å². The highest BCUT2D eigenvalue weighted by Crippen LogP contribution is 2.18. The summed E-state index contributed by atoms with van der Waals surface area (Å²) in [7, 11) is 0. The van der Waals surface area contributed by atoms with Gasteiger partial charge in [0, 0.05) is 24.2 Å². The van der Waals surface area contributed by atoms with Gasteiger partial charge in [-0.2, -0.15) is 5.10 Å². The Kier molecular flexibility index (Phi) is 5.37. The molecular weight excluding hydrogens is 370 g/mol. The Hall–Kier alpha value is -3.29. The van der Waals surface area contributed by atoms with Gasteiger partial charge in [0.25, 0.3) is 5.56 Å². The molecule has 0 saturated carbocycles. The van der Waals surface area contributed by atoms with Crippen molar-refractivity contribution in [2.24, 2.45) is 0 Å². The number of fused-ring (bicyclic) bond motifs is 1. The highest BCUT2D eigenvalue weighted by Gasteiger charge is 2.21. The number of amides is 1. The van der Waals surface area contributed by atoms with Gasteiger partial charge in [-0.15, -0.1) is 0 Å². The van der Waals surface area contributed by atoms with E-state index in [-0.39, 0.29) is 35.8 Å². The molecule has 0 fully saturated rings. The molecule has 0 unspecified atom stereocenters. The summed E-state index contributed by atoms with van der Waals surface area (Å²) in [6.45, 7) is 9.40. The Morgan fingerprint density at radius 3 is 2.59 bits per heavy atom. The van der Waals surface area contributed by atoms with Gasteiger partial charge in [-0.3, -0.25) is 19.0 Å². The third-order valence-corrected chi connectivity index (χ3v) is 4.63. The lowest BCUT2D eigenvalue weighted by Crippen LogP contribution is -2.28. The van der Waals surface area contributed by atoms with Crippen molar-refractivity contribution in [3.05, 3.63) is 52.2 Å². The van der Waals surface area contributed by atoms with Crippen LogP contribution in [-0.2, 0) is 16.9 Å². The maximum Gasteiger partial charge on any atom is 0.264 e. The fourth-order valence-corrected chi connectivity index (χ4v) is 3.11. The second-order valence-corrected chi connectivity index (χ2v) is 8.02. The minimum absolute atomic E-state index is 0.0709. The first-order chi connectivity index (χ1) is 13.6. The fraction of sp³-hybridized carbons (Fsp3) is 0.381. The Morgan fingerprint density at radius 2 is 1.93 bits per heavy atom. The van der Waals surface area contributed by atoms with Crippen molar-refractivity contribution < 1.29 is 9.59 Å². The predicted octanol–water partition coefficient (Wildman–Crippen LogP) is 2.89. The number of aryl methyl sites for hydroxylation is 1. The van der Waals surface area contributed by atoms with Crippen LogP contribution in [0.15, 0.2) is 35.3 Å². The maximum atomic E-state index is 12.9. The molecule has 0 radical (unpaired) electrons. The predicted molar refractivity (Wildman–Crippen MR) is 111 cm³/mol. The van der Waals surface area contributed by atoms with Gasteiger partial charge in [0.15, 0.2) is 11.4 Å². The van der Waals surface area contributed by atoms with Crippen molar-refractivity contribution in [2.75, 3.05) is 5.32 Å². The van der Waals surface area contributed by atoms with Crippen LogP contribution in [0.25, 0.3) is 11.0 Å². The molecule has 0 aliphatic heterocycles. The van der Waals surface area contributed by atoms with E-state index in [1.807, 2.05) is 20.8 Å². The molecule has 1 aromatic carbocycles. The second kappa shape index (κ2) is 7.62. The molecule has 2 aromatic heterocycles. The number of ketones is 1. The van der Waals surface area contributed by atoms with Gasteiger partial charge in [0.2, 0.25) is 5.91 Å². The van der Waals surface area contributed by atoms with Crippen molar-refractivity contribution in [2.45, 2.75) is 53.1 Å². The zero-order valence-electron chi connectivity index (χ0n) is 17.3. The summed E-state index contributed by atoms with van der Waals surface area (Å²) in [5.74, 6) is 0.209. The van der Waals surface area contributed by atoms with Crippen molar-refractivity contribution in [3.8, 4) is 0 Å². The number of aromatic nitrogens is 4. The molecule has 3 aromatic rings. The number of hydrogen-bond donors (Lipinski definition) is 1. The minimum Gasteiger partial charge on any atom is -0.326 e. The molecule has 0 spiro atoms. The van der Waals surface area contributed by atoms with Crippen LogP contribution in [0.5, 0.6) is 0 Å². The van der Waals surface area contributed by atoms with Crippen molar-refractivity contribution in [1.82, 2.24) is 19.3 Å². The molecule has 1 amide bonds. The molecular formula is C21H25N5O3. The van der Waals surface area contributed by atoms with E-state index in [0.29, 0.717) is 28.1 Å². The average Bonchev–Trinajstić information content (AvgIpc) is 3.06. The Labute approximate surface area is 168 Å². The summed E-state index contributed by atoms with van der Waals surface area (Å²) in [6, 6.07) is 6.76. The lowest BCUT2D eigenvalue weighted by atomic mass is 10.1. The monoisotopic (exact) mass is 395 g/mol. The number of carbonyl (C=O) groups excluding carboxylic acids is 2. The standard InChI is InChI=1S/C21H25N5O3/c1-13(27)15-7-6-8-16(11-15)24-18(28)9-10-25-14(2)23-19-17(20(25)29)12-22-26(19)21(3,4)5/h6-8,11-12H,9-10H2,1-5H3,(H,24,28). The lowest BCUT2D eigenvalue weighted by molar-refractivity contribution is -0.116. The van der Waals surface area contributed by atoms with Gasteiger partial charge in [0.05, 0.1) is 11.7 Å². The van der Waals surface area contributed by atoms with Crippen molar-refractivity contribution in [3.63, 3.8) is 0 Å². The summed E-state index contributed by atoms with van der Waals surface area (Å²) in [4.78, 5) is 41.2. The molecule has 0 bridgehead atoms. The van der Waals surface area contributed by atoms with E-state index in [1.54, 1.807) is 35.9 Å². The van der Waals surface area contributed by atoms with Gasteiger partial charge in [-0.05, 0) is 46.8 Å². The first kappa shape index (κ1) is 20.4. The number of hydrogen-bond acceptors (Lipinski definition) is 5. The Balaban J connectivity index is 1.79. The smallest absolute Gasteiger partial charge is 0.264 e. The number of benzene rings is 1. The van der Waals surface area contributed by atoms with E-state index in [2.05, 4.69) is 15.4 Å². The largest absolute Gasteiger partial charge is 0.326 e. The summed E-state index contributed by atoms with van der Waals surface area (Å²) in [5.41, 5.74) is 1.11. The Bertz CT molecular complexity index is 1150. The maximum absolute atomic E-state index is 12.9. The summed E-state index contributed by atoms with van der Waals surface area (Å²) < 4.78 is 3.22. The van der Waals surface area contributed by atoms with Crippen LogP contribution >= 0.6 is 0 Å². The molecule has 29 heavy (non-hydrogen) atoms. The number of Topliss-reactive ketones (excluding diaryl/α,β-unsaturated/α-hetero) is 1. The minimum atomic E-state index is -0.298. The second-order valence-electron chi connectivity index (χ2n) is 8.02. The van der Waals surface area contributed by atoms with Crippen LogP contribution < -0.4 is 10.9 Å². The quantitative estimate of drug-likeness (QED) is 0.670. The molecule has 8 heteroatoms. The summed E-state index contributed by atoms with van der Waals surface area (Å²) >= 11 is 0. The molecule has 0 aliphatic carbocycles. The number of anilines is 1. The zero-order valence-corrected chi connectivity index (χ0v) is 17.3. The number of carbonyl (C=O) groups is 2. The Morgan fingerprint density at radius 1 is 1.21 bits per heavy atom. The van der Waals surface area contributed by atoms with Crippen LogP contribution in [0.3, 0.4) is 0 Å². The van der Waals surface area contributed by atoms with E-state index in [4.69, 9.17) is 0 Å². The van der Waals surface area contributed by atoms with Crippen molar-refractivity contribution >= 4 is 28.4 Å². The summed E-state index contributed by atoms with van der Waals surface area (Å²) in [6.07, 6.45) is 1.63. The molecule has 152 valence electrons. The fourth-order valence-electron chi connectivity index (χ4n) is 3.11. The van der Waals surface area contributed by atoms with Crippen LogP contribution in [0.2, 0.25) is 0 Å². The molecule has 0 saturated heterocycles. The van der Waals surface area contributed by atoms with Crippen LogP contribution in [0.4, 0.5) is 5.69 Å². The number of rotatable bonds is 5. The van der Waals surface area contributed by atoms with Gasteiger partial charge in [-0.1, -0.05) is 12.1 Å². The highest BCUT2D eigenvalue weighted by molar-refractivity contribution is 5.97. The molecule has 1 N–H and O–H groups in total. The highest BCUT2D eigenvalue weighted by atomic mass is 16.2. The van der Waals surface area contributed by atoms with Crippen LogP contribution in [0, 0.1) is 6.92 Å². The number of nitrogens with one attached hydrogen (secondary N) is 1. The van der Waals surface area contributed by atoms with E-state index >= 15 is 0 Å².